The third kappa shape index (κ3) is 4.27. The molecule has 0 saturated heterocycles. The molecule has 4 rings (SSSR count). The molecule has 1 aromatic heterocycles. The molecule has 0 aliphatic heterocycles. The normalized spacial score (nSPS) is 10.6. The van der Waals surface area contributed by atoms with Crippen LogP contribution in [-0.2, 0) is 0 Å². The van der Waals surface area contributed by atoms with Crippen LogP contribution in [0.3, 0.4) is 0 Å². The van der Waals surface area contributed by atoms with Gasteiger partial charge in [-0.1, -0.05) is 35.0 Å². The van der Waals surface area contributed by atoms with E-state index in [9.17, 15) is 9.59 Å². The van der Waals surface area contributed by atoms with Gasteiger partial charge in [-0.2, -0.15) is 0 Å². The fraction of sp³-hybridized carbons (Fsp3) is 0.120. The number of nitrogens with zero attached hydrogens (tertiary/aromatic N) is 3. The van der Waals surface area contributed by atoms with Gasteiger partial charge in [0.2, 0.25) is 0 Å². The number of hydrogen-bond acceptors (Lipinski definition) is 5. The van der Waals surface area contributed by atoms with Crippen LogP contribution >= 0.6 is 0 Å². The van der Waals surface area contributed by atoms with Crippen LogP contribution in [0.1, 0.15) is 33.2 Å². The highest BCUT2D eigenvalue weighted by Gasteiger charge is 2.14. The Morgan fingerprint density at radius 2 is 1.62 bits per heavy atom. The summed E-state index contributed by atoms with van der Waals surface area (Å²) in [5.41, 5.74) is 5.20. The number of carbonyl (C=O) groups excluding carboxylic acids is 2. The molecular weight excluding hydrogens is 404 g/mol. The summed E-state index contributed by atoms with van der Waals surface area (Å²) in [7, 11) is 1.51. The fourth-order valence-electron chi connectivity index (χ4n) is 3.32. The Kier molecular flexibility index (Phi) is 5.81. The van der Waals surface area contributed by atoms with Crippen LogP contribution in [0.5, 0.6) is 5.75 Å². The van der Waals surface area contributed by atoms with Crippen molar-refractivity contribution in [1.29, 1.82) is 0 Å². The van der Waals surface area contributed by atoms with Crippen LogP contribution in [0.15, 0.2) is 72.9 Å². The SMILES string of the molecule is COc1ccc(C(C)=O)cc1NC(=O)c1ccc(-n2nncc2-c2ccc(C)cc2)cc1. The average Bonchev–Trinajstić information content (AvgIpc) is 3.29. The highest BCUT2D eigenvalue weighted by Crippen LogP contribution is 2.27. The van der Waals surface area contributed by atoms with Crippen molar-refractivity contribution in [2.75, 3.05) is 12.4 Å². The summed E-state index contributed by atoms with van der Waals surface area (Å²) in [5, 5.41) is 11.1. The number of anilines is 1. The largest absolute Gasteiger partial charge is 0.495 e. The molecule has 0 aliphatic rings. The molecule has 3 aromatic carbocycles. The number of Topliss-reactive ketones (excluding diaryl/α,β-unsaturated/α-hetero) is 1. The van der Waals surface area contributed by atoms with Crippen LogP contribution in [0.25, 0.3) is 16.9 Å². The smallest absolute Gasteiger partial charge is 0.255 e. The van der Waals surface area contributed by atoms with Gasteiger partial charge in [0.05, 0.1) is 30.4 Å². The summed E-state index contributed by atoms with van der Waals surface area (Å²) >= 11 is 0. The lowest BCUT2D eigenvalue weighted by atomic mass is 10.1. The van der Waals surface area contributed by atoms with Gasteiger partial charge in [-0.15, -0.1) is 5.10 Å². The van der Waals surface area contributed by atoms with E-state index in [1.54, 1.807) is 41.2 Å². The number of aryl methyl sites for hydroxylation is 1. The van der Waals surface area contributed by atoms with E-state index in [2.05, 4.69) is 15.6 Å². The Labute approximate surface area is 185 Å². The minimum atomic E-state index is -0.312. The number of nitrogens with one attached hydrogen (secondary N) is 1. The molecule has 32 heavy (non-hydrogen) atoms. The van der Waals surface area contributed by atoms with Crippen molar-refractivity contribution in [3.63, 3.8) is 0 Å². The number of benzene rings is 3. The molecule has 0 radical (unpaired) electrons. The lowest BCUT2D eigenvalue weighted by molar-refractivity contribution is 0.101. The molecule has 7 nitrogen and oxygen atoms in total. The second-order valence-corrected chi connectivity index (χ2v) is 7.37. The molecule has 0 fully saturated rings. The molecule has 1 amide bonds. The van der Waals surface area contributed by atoms with E-state index in [0.717, 1.165) is 16.9 Å². The topological polar surface area (TPSA) is 86.1 Å². The lowest BCUT2D eigenvalue weighted by Crippen LogP contribution is -2.13. The summed E-state index contributed by atoms with van der Waals surface area (Å²) in [6.07, 6.45) is 1.71. The van der Waals surface area contributed by atoms with Gasteiger partial charge in [-0.25, -0.2) is 4.68 Å². The van der Waals surface area contributed by atoms with Crippen molar-refractivity contribution in [3.05, 3.63) is 89.6 Å². The van der Waals surface area contributed by atoms with Gasteiger partial charge < -0.3 is 10.1 Å². The summed E-state index contributed by atoms with van der Waals surface area (Å²) in [6, 6.07) is 20.1. The van der Waals surface area contributed by atoms with Crippen LogP contribution in [0.4, 0.5) is 5.69 Å². The predicted octanol–water partition coefficient (Wildman–Crippen LogP) is 4.71. The highest BCUT2D eigenvalue weighted by atomic mass is 16.5. The van der Waals surface area contributed by atoms with Gasteiger partial charge >= 0.3 is 0 Å². The number of aromatic nitrogens is 3. The number of methoxy groups -OCH3 is 1. The quantitative estimate of drug-likeness (QED) is 0.452. The van der Waals surface area contributed by atoms with Crippen LogP contribution in [0.2, 0.25) is 0 Å². The first-order valence-electron chi connectivity index (χ1n) is 10.0. The predicted molar refractivity (Wildman–Crippen MR) is 122 cm³/mol. The molecule has 0 saturated carbocycles. The molecular formula is C25H22N4O3. The summed E-state index contributed by atoms with van der Waals surface area (Å²) in [4.78, 5) is 24.5. The van der Waals surface area contributed by atoms with Crippen LogP contribution in [-0.4, -0.2) is 33.8 Å². The van der Waals surface area contributed by atoms with E-state index in [1.807, 2.05) is 43.3 Å². The Morgan fingerprint density at radius 3 is 2.28 bits per heavy atom. The van der Waals surface area contributed by atoms with E-state index >= 15 is 0 Å². The Hall–Kier alpha value is -4.26. The zero-order chi connectivity index (χ0) is 22.7. The zero-order valence-corrected chi connectivity index (χ0v) is 18.0. The van der Waals surface area contributed by atoms with Gasteiger partial charge in [0.15, 0.2) is 5.78 Å². The molecule has 0 bridgehead atoms. The Morgan fingerprint density at radius 1 is 0.938 bits per heavy atom. The Balaban J connectivity index is 1.57. The molecule has 4 aromatic rings. The average molecular weight is 426 g/mol. The summed E-state index contributed by atoms with van der Waals surface area (Å²) in [5.74, 6) is 0.0722. The van der Waals surface area contributed by atoms with Crippen molar-refractivity contribution >= 4 is 17.4 Å². The number of rotatable bonds is 6. The van der Waals surface area contributed by atoms with E-state index in [1.165, 1.54) is 19.6 Å². The third-order valence-electron chi connectivity index (χ3n) is 5.12. The van der Waals surface area contributed by atoms with E-state index in [-0.39, 0.29) is 11.7 Å². The van der Waals surface area contributed by atoms with E-state index in [4.69, 9.17) is 4.74 Å². The first-order chi connectivity index (χ1) is 15.5. The number of amides is 1. The second-order valence-electron chi connectivity index (χ2n) is 7.37. The number of hydrogen-bond donors (Lipinski definition) is 1. The molecule has 160 valence electrons. The molecule has 0 unspecified atom stereocenters. The monoisotopic (exact) mass is 426 g/mol. The van der Waals surface area contributed by atoms with Crippen LogP contribution < -0.4 is 10.1 Å². The van der Waals surface area contributed by atoms with Crippen molar-refractivity contribution in [2.24, 2.45) is 0 Å². The first-order valence-corrected chi connectivity index (χ1v) is 10.0. The summed E-state index contributed by atoms with van der Waals surface area (Å²) in [6.45, 7) is 3.51. The lowest BCUT2D eigenvalue weighted by Gasteiger charge is -2.12. The minimum absolute atomic E-state index is 0.0929. The van der Waals surface area contributed by atoms with Gasteiger partial charge in [-0.3, -0.25) is 9.59 Å². The molecule has 1 N–H and O–H groups in total. The standard InChI is InChI=1S/C25H22N4O3/c1-16-4-6-18(7-5-16)23-15-26-28-29(23)21-11-8-19(9-12-21)25(31)27-22-14-20(17(2)30)10-13-24(22)32-3/h4-15H,1-3H3,(H,27,31). The maximum absolute atomic E-state index is 12.8. The Bertz CT molecular complexity index is 1280. The molecule has 0 spiro atoms. The van der Waals surface area contributed by atoms with E-state index < -0.39 is 0 Å². The fourth-order valence-corrected chi connectivity index (χ4v) is 3.32. The number of ketones is 1. The van der Waals surface area contributed by atoms with Crippen molar-refractivity contribution < 1.29 is 14.3 Å². The van der Waals surface area contributed by atoms with Crippen molar-refractivity contribution in [2.45, 2.75) is 13.8 Å². The molecule has 1 heterocycles. The van der Waals surface area contributed by atoms with Gasteiger partial charge in [-0.05, 0) is 56.3 Å². The minimum Gasteiger partial charge on any atom is -0.495 e. The van der Waals surface area contributed by atoms with Crippen molar-refractivity contribution in [1.82, 2.24) is 15.0 Å². The summed E-state index contributed by atoms with van der Waals surface area (Å²) < 4.78 is 7.03. The number of carbonyl (C=O) groups is 2. The second kappa shape index (κ2) is 8.85. The van der Waals surface area contributed by atoms with Crippen molar-refractivity contribution in [3.8, 4) is 22.7 Å². The number of ether oxygens (including phenoxy) is 1. The maximum atomic E-state index is 12.8. The third-order valence-corrected chi connectivity index (χ3v) is 5.12. The highest BCUT2D eigenvalue weighted by molar-refractivity contribution is 6.06. The van der Waals surface area contributed by atoms with Gasteiger partial charge in [0, 0.05) is 16.7 Å². The van der Waals surface area contributed by atoms with Crippen LogP contribution in [0, 0.1) is 6.92 Å². The van der Waals surface area contributed by atoms with E-state index in [0.29, 0.717) is 22.6 Å². The first kappa shape index (κ1) is 21.0. The van der Waals surface area contributed by atoms with Gasteiger partial charge in [0.25, 0.3) is 5.91 Å². The zero-order valence-electron chi connectivity index (χ0n) is 18.0. The maximum Gasteiger partial charge on any atom is 0.255 e. The van der Waals surface area contributed by atoms with Gasteiger partial charge in [0.1, 0.15) is 5.75 Å². The molecule has 0 aliphatic carbocycles. The molecule has 7 heteroatoms. The molecule has 0 atom stereocenters.